The fourth-order valence-electron chi connectivity index (χ4n) is 5.14. The van der Waals surface area contributed by atoms with Gasteiger partial charge in [0, 0.05) is 30.1 Å². The van der Waals surface area contributed by atoms with Crippen LogP contribution in [0.2, 0.25) is 0 Å². The number of aromatic nitrogens is 2. The molecule has 24 heavy (non-hydrogen) atoms. The fraction of sp³-hybridized carbons (Fsp3) is 0.778. The summed E-state index contributed by atoms with van der Waals surface area (Å²) in [6.07, 6.45) is 5.63. The van der Waals surface area contributed by atoms with E-state index in [1.165, 1.54) is 12.8 Å². The summed E-state index contributed by atoms with van der Waals surface area (Å²) in [5.74, 6) is 2.30. The van der Waals surface area contributed by atoms with Gasteiger partial charge in [0.05, 0.1) is 12.1 Å². The highest BCUT2D eigenvalue weighted by atomic mass is 16.3. The van der Waals surface area contributed by atoms with Gasteiger partial charge in [-0.15, -0.1) is 0 Å². The minimum absolute atomic E-state index is 0.0728. The zero-order valence-electron chi connectivity index (χ0n) is 14.9. The molecule has 4 rings (SSSR count). The highest BCUT2D eigenvalue weighted by Crippen LogP contribution is 2.52. The van der Waals surface area contributed by atoms with Crippen LogP contribution in [-0.4, -0.2) is 57.8 Å². The third-order valence-corrected chi connectivity index (χ3v) is 5.93. The third kappa shape index (κ3) is 2.86. The molecule has 4 atom stereocenters. The lowest BCUT2D eigenvalue weighted by atomic mass is 9.66. The number of aliphatic hydroxyl groups is 1. The van der Waals surface area contributed by atoms with Gasteiger partial charge in [-0.05, 0) is 38.6 Å². The highest BCUT2D eigenvalue weighted by molar-refractivity contribution is 5.48. The van der Waals surface area contributed by atoms with E-state index in [0.29, 0.717) is 18.0 Å². The van der Waals surface area contributed by atoms with E-state index in [0.717, 1.165) is 31.0 Å². The Bertz CT molecular complexity index is 600. The van der Waals surface area contributed by atoms with Crippen molar-refractivity contribution < 1.29 is 5.11 Å². The van der Waals surface area contributed by atoms with Crippen LogP contribution in [0.25, 0.3) is 0 Å². The minimum Gasteiger partial charge on any atom is -0.391 e. The van der Waals surface area contributed by atoms with E-state index in [2.05, 4.69) is 46.4 Å². The first-order valence-corrected chi connectivity index (χ1v) is 9.20. The van der Waals surface area contributed by atoms with E-state index in [1.807, 2.05) is 6.07 Å². The van der Waals surface area contributed by atoms with Crippen molar-refractivity contribution >= 4 is 11.6 Å². The molecule has 0 aromatic carbocycles. The lowest BCUT2D eigenvalue weighted by Crippen LogP contribution is -2.64. The smallest absolute Gasteiger partial charge is 0.131 e. The second kappa shape index (κ2) is 5.85. The first kappa shape index (κ1) is 16.1. The molecule has 132 valence electrons. The van der Waals surface area contributed by atoms with Crippen molar-refractivity contribution in [3.8, 4) is 0 Å². The normalized spacial score (nSPS) is 36.1. The number of anilines is 2. The number of rotatable bonds is 5. The maximum absolute atomic E-state index is 10.6. The molecule has 1 aromatic rings. The van der Waals surface area contributed by atoms with Gasteiger partial charge < -0.3 is 20.6 Å². The summed E-state index contributed by atoms with van der Waals surface area (Å²) in [6.45, 7) is 5.66. The van der Waals surface area contributed by atoms with Gasteiger partial charge in [-0.3, -0.25) is 0 Å². The predicted molar refractivity (Wildman–Crippen MR) is 95.0 cm³/mol. The van der Waals surface area contributed by atoms with Crippen molar-refractivity contribution in [3.05, 3.63) is 12.4 Å². The molecule has 0 radical (unpaired) electrons. The predicted octanol–water partition coefficient (Wildman–Crippen LogP) is 1.94. The molecule has 1 saturated heterocycles. The van der Waals surface area contributed by atoms with Crippen molar-refractivity contribution in [2.75, 3.05) is 24.2 Å². The van der Waals surface area contributed by atoms with Crippen LogP contribution < -0.4 is 10.6 Å². The largest absolute Gasteiger partial charge is 0.391 e. The Kier molecular flexibility index (Phi) is 3.92. The summed E-state index contributed by atoms with van der Waals surface area (Å²) < 4.78 is 0. The Morgan fingerprint density at radius 3 is 2.54 bits per heavy atom. The van der Waals surface area contributed by atoms with Crippen molar-refractivity contribution in [3.63, 3.8) is 0 Å². The van der Waals surface area contributed by atoms with Gasteiger partial charge in [-0.25, -0.2) is 9.97 Å². The first-order valence-electron chi connectivity index (χ1n) is 9.20. The van der Waals surface area contributed by atoms with Crippen molar-refractivity contribution in [2.24, 2.45) is 11.3 Å². The topological polar surface area (TPSA) is 73.3 Å². The van der Waals surface area contributed by atoms with Crippen molar-refractivity contribution in [1.29, 1.82) is 0 Å². The molecule has 6 heteroatoms. The maximum Gasteiger partial charge on any atom is 0.131 e. The zero-order chi connectivity index (χ0) is 16.9. The van der Waals surface area contributed by atoms with Crippen LogP contribution in [0.15, 0.2) is 12.4 Å². The molecule has 2 saturated carbocycles. The molecule has 2 aliphatic carbocycles. The Balaban J connectivity index is 1.44. The number of nitrogens with one attached hydrogen (secondary N) is 2. The van der Waals surface area contributed by atoms with Gasteiger partial charge in [0.1, 0.15) is 18.0 Å². The molecule has 6 nitrogen and oxygen atoms in total. The van der Waals surface area contributed by atoms with E-state index >= 15 is 0 Å². The minimum atomic E-state index is -0.310. The maximum atomic E-state index is 10.6. The number of likely N-dealkylation sites (tertiary alicyclic amines) is 1. The third-order valence-electron chi connectivity index (χ3n) is 5.93. The summed E-state index contributed by atoms with van der Waals surface area (Å²) in [5, 5.41) is 17.5. The van der Waals surface area contributed by atoms with E-state index in [1.54, 1.807) is 6.33 Å². The Hall–Kier alpha value is -1.40. The molecule has 3 aliphatic rings. The first-order chi connectivity index (χ1) is 11.5. The summed E-state index contributed by atoms with van der Waals surface area (Å²) in [4.78, 5) is 11.1. The van der Waals surface area contributed by atoms with Crippen molar-refractivity contribution in [1.82, 2.24) is 14.9 Å². The second-order valence-electron chi connectivity index (χ2n) is 8.40. The van der Waals surface area contributed by atoms with E-state index < -0.39 is 0 Å². The van der Waals surface area contributed by atoms with Crippen LogP contribution in [0.3, 0.4) is 0 Å². The molecule has 3 N–H and O–H groups in total. The van der Waals surface area contributed by atoms with Gasteiger partial charge in [-0.1, -0.05) is 13.8 Å². The Labute approximate surface area is 144 Å². The average Bonchev–Trinajstić information content (AvgIpc) is 3.23. The lowest BCUT2D eigenvalue weighted by molar-refractivity contribution is -0.0825. The van der Waals surface area contributed by atoms with E-state index in [9.17, 15) is 5.11 Å². The summed E-state index contributed by atoms with van der Waals surface area (Å²) in [7, 11) is 2.20. The highest BCUT2D eigenvalue weighted by Gasteiger charge is 2.58. The average molecular weight is 331 g/mol. The van der Waals surface area contributed by atoms with Gasteiger partial charge in [-0.2, -0.15) is 0 Å². The summed E-state index contributed by atoms with van der Waals surface area (Å²) in [6, 6.07) is 3.17. The van der Waals surface area contributed by atoms with Gasteiger partial charge in [0.15, 0.2) is 0 Å². The quantitative estimate of drug-likeness (QED) is 0.766. The standard InChI is InChI=1S/C18H29N5O/c1-11(2)17-18(9-23(17)3)7-13(14(24)8-18)22-16-6-15(19-10-20-16)21-12-4-5-12/h6,10-14,17,24H,4-5,7-9H2,1-3H3,(H2,19,20,21,22)/t13-,14-,17?,18?/m1/s1. The number of aliphatic hydroxyl groups excluding tert-OH is 1. The summed E-state index contributed by atoms with van der Waals surface area (Å²) >= 11 is 0. The summed E-state index contributed by atoms with van der Waals surface area (Å²) in [5.41, 5.74) is 0.252. The number of hydrogen-bond acceptors (Lipinski definition) is 6. The zero-order valence-corrected chi connectivity index (χ0v) is 14.9. The van der Waals surface area contributed by atoms with Crippen LogP contribution >= 0.6 is 0 Å². The van der Waals surface area contributed by atoms with Crippen LogP contribution in [0, 0.1) is 11.3 Å². The van der Waals surface area contributed by atoms with Crippen LogP contribution in [-0.2, 0) is 0 Å². The van der Waals surface area contributed by atoms with Gasteiger partial charge in [0.25, 0.3) is 0 Å². The molecule has 2 unspecified atom stereocenters. The SMILES string of the molecule is CC(C)C1N(C)CC12C[C@@H](O)[C@H](Nc1cc(NC3CC3)ncn1)C2. The molecule has 1 aromatic heterocycles. The number of hydrogen-bond donors (Lipinski definition) is 3. The van der Waals surface area contributed by atoms with Crippen LogP contribution in [0.5, 0.6) is 0 Å². The molecule has 1 aliphatic heterocycles. The van der Waals surface area contributed by atoms with Crippen molar-refractivity contribution in [2.45, 2.75) is 63.8 Å². The molecule has 3 fully saturated rings. The Morgan fingerprint density at radius 2 is 1.92 bits per heavy atom. The molecule has 2 heterocycles. The van der Waals surface area contributed by atoms with Gasteiger partial charge >= 0.3 is 0 Å². The second-order valence-corrected chi connectivity index (χ2v) is 8.40. The van der Waals surface area contributed by atoms with Crippen LogP contribution in [0.4, 0.5) is 11.6 Å². The molecular weight excluding hydrogens is 302 g/mol. The number of nitrogens with zero attached hydrogens (tertiary/aromatic N) is 3. The lowest BCUT2D eigenvalue weighted by Gasteiger charge is -2.57. The molecular formula is C18H29N5O. The van der Waals surface area contributed by atoms with Gasteiger partial charge in [0.2, 0.25) is 0 Å². The molecule has 0 bridgehead atoms. The van der Waals surface area contributed by atoms with E-state index in [4.69, 9.17) is 0 Å². The monoisotopic (exact) mass is 331 g/mol. The Morgan fingerprint density at radius 1 is 1.21 bits per heavy atom. The fourth-order valence-corrected chi connectivity index (χ4v) is 5.14. The van der Waals surface area contributed by atoms with E-state index in [-0.39, 0.29) is 17.6 Å². The molecule has 1 spiro atoms. The molecule has 0 amide bonds. The van der Waals surface area contributed by atoms with Crippen LogP contribution in [0.1, 0.15) is 39.5 Å².